The Hall–Kier alpha value is -1.18. The maximum absolute atomic E-state index is 13.9. The number of amides is 1. The summed E-state index contributed by atoms with van der Waals surface area (Å²) >= 11 is 0. The number of halogens is 2. The summed E-state index contributed by atoms with van der Waals surface area (Å²) < 4.78 is 41.8. The van der Waals surface area contributed by atoms with Gasteiger partial charge in [-0.2, -0.15) is 0 Å². The fourth-order valence-corrected chi connectivity index (χ4v) is 3.43. The van der Waals surface area contributed by atoms with E-state index in [2.05, 4.69) is 5.32 Å². The van der Waals surface area contributed by atoms with Crippen LogP contribution < -0.4 is 5.32 Å². The first kappa shape index (κ1) is 16.2. The maximum Gasteiger partial charge on any atom is 0.261 e. The molecule has 1 aromatic rings. The van der Waals surface area contributed by atoms with Gasteiger partial charge in [-0.25, -0.2) is 12.8 Å². The fourth-order valence-electron chi connectivity index (χ4n) is 2.23. The molecule has 1 aromatic carbocycles. The van der Waals surface area contributed by atoms with Crippen LogP contribution in [0.25, 0.3) is 0 Å². The van der Waals surface area contributed by atoms with Gasteiger partial charge in [0.1, 0.15) is 5.82 Å². The minimum Gasteiger partial charge on any atom is -0.381 e. The number of hydrogen-bond acceptors (Lipinski definition) is 4. The number of rotatable bonds is 4. The van der Waals surface area contributed by atoms with E-state index in [1.54, 1.807) is 7.11 Å². The van der Waals surface area contributed by atoms with E-state index in [1.165, 1.54) is 6.92 Å². The second-order valence-corrected chi connectivity index (χ2v) is 7.57. The van der Waals surface area contributed by atoms with Crippen LogP contribution in [0, 0.1) is 12.7 Å². The highest BCUT2D eigenvalue weighted by Gasteiger charge is 2.31. The Morgan fingerprint density at radius 1 is 1.43 bits per heavy atom. The highest BCUT2D eigenvalue weighted by atomic mass is 35.7. The van der Waals surface area contributed by atoms with Gasteiger partial charge in [-0.1, -0.05) is 0 Å². The zero-order valence-electron chi connectivity index (χ0n) is 11.5. The summed E-state index contributed by atoms with van der Waals surface area (Å²) in [7, 11) is 2.83. The molecule has 2 rings (SSSR count). The van der Waals surface area contributed by atoms with Crippen molar-refractivity contribution in [2.24, 2.45) is 0 Å². The molecule has 1 fully saturated rings. The Morgan fingerprint density at radius 2 is 2.05 bits per heavy atom. The third-order valence-corrected chi connectivity index (χ3v) is 5.00. The maximum atomic E-state index is 13.9. The number of aryl methyl sites for hydroxylation is 1. The Bertz CT molecular complexity index is 671. The summed E-state index contributed by atoms with van der Waals surface area (Å²) in [5, 5.41) is 2.64. The fraction of sp³-hybridized carbons (Fsp3) is 0.462. The molecule has 0 unspecified atom stereocenters. The van der Waals surface area contributed by atoms with E-state index in [-0.39, 0.29) is 28.2 Å². The van der Waals surface area contributed by atoms with Gasteiger partial charge in [0.25, 0.3) is 15.0 Å². The van der Waals surface area contributed by atoms with Crippen LogP contribution in [0.15, 0.2) is 17.0 Å². The summed E-state index contributed by atoms with van der Waals surface area (Å²) in [5.74, 6) is -1.44. The van der Waals surface area contributed by atoms with Crippen molar-refractivity contribution in [2.75, 3.05) is 7.11 Å². The molecule has 0 saturated heterocycles. The minimum atomic E-state index is -4.03. The van der Waals surface area contributed by atoms with Crippen LogP contribution in [0.2, 0.25) is 0 Å². The lowest BCUT2D eigenvalue weighted by atomic mass is 9.89. The number of methoxy groups -OCH3 is 1. The van der Waals surface area contributed by atoms with Crippen LogP contribution in [-0.4, -0.2) is 33.6 Å². The zero-order chi connectivity index (χ0) is 15.8. The van der Waals surface area contributed by atoms with Gasteiger partial charge in [0.2, 0.25) is 0 Å². The van der Waals surface area contributed by atoms with Crippen molar-refractivity contribution in [3.63, 3.8) is 0 Å². The lowest BCUT2D eigenvalue weighted by Crippen LogP contribution is -2.47. The third kappa shape index (κ3) is 3.53. The van der Waals surface area contributed by atoms with E-state index in [9.17, 15) is 17.6 Å². The van der Waals surface area contributed by atoms with Crippen LogP contribution in [0.5, 0.6) is 0 Å². The van der Waals surface area contributed by atoms with Crippen molar-refractivity contribution >= 4 is 25.6 Å². The van der Waals surface area contributed by atoms with Crippen LogP contribution in [-0.2, 0) is 13.8 Å². The van der Waals surface area contributed by atoms with Crippen molar-refractivity contribution in [3.05, 3.63) is 29.1 Å². The molecule has 1 aliphatic rings. The van der Waals surface area contributed by atoms with Gasteiger partial charge >= 0.3 is 0 Å². The molecule has 0 spiro atoms. The van der Waals surface area contributed by atoms with E-state index in [1.807, 2.05) is 0 Å². The Kier molecular flexibility index (Phi) is 4.55. The van der Waals surface area contributed by atoms with Crippen LogP contribution in [0.1, 0.15) is 28.8 Å². The predicted octanol–water partition coefficient (Wildman–Crippen LogP) is 1.97. The summed E-state index contributed by atoms with van der Waals surface area (Å²) in [4.78, 5) is 11.8. The molecular weight excluding hydrogens is 321 g/mol. The average molecular weight is 336 g/mol. The highest BCUT2D eigenvalue weighted by Crippen LogP contribution is 2.25. The Labute approximate surface area is 126 Å². The monoisotopic (exact) mass is 335 g/mol. The molecule has 1 aliphatic carbocycles. The van der Waals surface area contributed by atoms with Crippen LogP contribution in [0.4, 0.5) is 4.39 Å². The van der Waals surface area contributed by atoms with Crippen molar-refractivity contribution in [2.45, 2.75) is 36.8 Å². The molecular formula is C13H15ClFNO4S. The molecule has 0 heterocycles. The standard InChI is InChI=1S/C13H15ClFNO4S/c1-7-3-11(15)10(6-12(7)21(14,18)19)13(17)16-8-4-9(5-8)20-2/h3,6,8-9H,4-5H2,1-2H3,(H,16,17). The normalized spacial score (nSPS) is 21.7. The van der Waals surface area contributed by atoms with E-state index in [0.29, 0.717) is 12.8 Å². The smallest absolute Gasteiger partial charge is 0.261 e. The quantitative estimate of drug-likeness (QED) is 0.854. The largest absolute Gasteiger partial charge is 0.381 e. The van der Waals surface area contributed by atoms with Gasteiger partial charge < -0.3 is 10.1 Å². The molecule has 5 nitrogen and oxygen atoms in total. The number of benzene rings is 1. The lowest BCUT2D eigenvalue weighted by molar-refractivity contribution is 0.0175. The summed E-state index contributed by atoms with van der Waals surface area (Å²) in [6, 6.07) is 1.86. The number of ether oxygens (including phenoxy) is 1. The minimum absolute atomic E-state index is 0.0944. The van der Waals surface area contributed by atoms with Gasteiger partial charge in [0.05, 0.1) is 16.6 Å². The summed E-state index contributed by atoms with van der Waals surface area (Å²) in [6.45, 7) is 1.41. The molecule has 1 amide bonds. The summed E-state index contributed by atoms with van der Waals surface area (Å²) in [6.07, 6.45) is 1.39. The Morgan fingerprint density at radius 3 is 2.57 bits per heavy atom. The molecule has 116 valence electrons. The van der Waals surface area contributed by atoms with Gasteiger partial charge in [0, 0.05) is 23.8 Å². The molecule has 1 N–H and O–H groups in total. The first-order valence-electron chi connectivity index (χ1n) is 6.31. The topological polar surface area (TPSA) is 72.5 Å². The van der Waals surface area contributed by atoms with E-state index in [0.717, 1.165) is 12.1 Å². The van der Waals surface area contributed by atoms with E-state index in [4.69, 9.17) is 15.4 Å². The summed E-state index contributed by atoms with van der Waals surface area (Å²) in [5.41, 5.74) is -0.178. The molecule has 8 heteroatoms. The number of carbonyl (C=O) groups is 1. The average Bonchev–Trinajstić information content (AvgIpc) is 2.31. The first-order valence-corrected chi connectivity index (χ1v) is 8.61. The van der Waals surface area contributed by atoms with Gasteiger partial charge in [-0.3, -0.25) is 4.79 Å². The third-order valence-electron chi connectivity index (χ3n) is 3.54. The molecule has 0 atom stereocenters. The molecule has 21 heavy (non-hydrogen) atoms. The van der Waals surface area contributed by atoms with Crippen molar-refractivity contribution in [1.82, 2.24) is 5.32 Å². The van der Waals surface area contributed by atoms with Gasteiger partial charge in [-0.05, 0) is 37.5 Å². The molecule has 1 saturated carbocycles. The van der Waals surface area contributed by atoms with Crippen LogP contribution in [0.3, 0.4) is 0 Å². The predicted molar refractivity (Wildman–Crippen MR) is 75.5 cm³/mol. The SMILES string of the molecule is COC1CC(NC(=O)c2cc(S(=O)(=O)Cl)c(C)cc2F)C1. The molecule has 0 aromatic heterocycles. The van der Waals surface area contributed by atoms with Crippen molar-refractivity contribution in [3.8, 4) is 0 Å². The molecule has 0 aliphatic heterocycles. The second kappa shape index (κ2) is 5.90. The number of carbonyl (C=O) groups excluding carboxylic acids is 1. The van der Waals surface area contributed by atoms with Gasteiger partial charge in [-0.15, -0.1) is 0 Å². The first-order chi connectivity index (χ1) is 9.72. The van der Waals surface area contributed by atoms with Crippen molar-refractivity contribution in [1.29, 1.82) is 0 Å². The highest BCUT2D eigenvalue weighted by molar-refractivity contribution is 8.13. The van der Waals surface area contributed by atoms with Gasteiger partial charge in [0.15, 0.2) is 0 Å². The van der Waals surface area contributed by atoms with E-state index >= 15 is 0 Å². The van der Waals surface area contributed by atoms with Crippen LogP contribution >= 0.6 is 10.7 Å². The number of hydrogen-bond donors (Lipinski definition) is 1. The number of nitrogens with one attached hydrogen (secondary N) is 1. The van der Waals surface area contributed by atoms with Crippen molar-refractivity contribution < 1.29 is 22.3 Å². The Balaban J connectivity index is 2.21. The molecule has 0 bridgehead atoms. The molecule has 0 radical (unpaired) electrons. The second-order valence-electron chi connectivity index (χ2n) is 5.03. The lowest BCUT2D eigenvalue weighted by Gasteiger charge is -2.34. The van der Waals surface area contributed by atoms with E-state index < -0.39 is 20.8 Å². The zero-order valence-corrected chi connectivity index (χ0v) is 13.1.